The molecule has 1 saturated carbocycles. The number of likely N-dealkylation sites (N-methyl/N-ethyl adjacent to an activating group) is 2. The van der Waals surface area contributed by atoms with Gasteiger partial charge in [-0.15, -0.1) is 0 Å². The highest BCUT2D eigenvalue weighted by Crippen LogP contribution is 2.22. The van der Waals surface area contributed by atoms with Gasteiger partial charge in [-0.25, -0.2) is 8.42 Å². The van der Waals surface area contributed by atoms with Crippen molar-refractivity contribution in [2.75, 3.05) is 26.0 Å². The Morgan fingerprint density at radius 1 is 1.10 bits per heavy atom. The van der Waals surface area contributed by atoms with Crippen molar-refractivity contribution in [2.45, 2.75) is 63.0 Å². The minimum absolute atomic E-state index is 0.0296. The molecule has 1 atom stereocenters. The molecule has 0 bridgehead atoms. The lowest BCUT2D eigenvalue weighted by atomic mass is 9.94. The van der Waals surface area contributed by atoms with E-state index >= 15 is 0 Å². The summed E-state index contributed by atoms with van der Waals surface area (Å²) in [4.78, 5) is 37.5. The van der Waals surface area contributed by atoms with Crippen molar-refractivity contribution in [3.8, 4) is 0 Å². The molecular weight excluding hydrogens is 422 g/mol. The minimum Gasteiger partial charge on any atom is -0.452 e. The number of benzene rings is 1. The molecule has 2 rings (SSSR count). The van der Waals surface area contributed by atoms with Crippen LogP contribution in [0.15, 0.2) is 29.2 Å². The number of rotatable bonds is 8. The van der Waals surface area contributed by atoms with Crippen LogP contribution in [0.4, 0.5) is 5.69 Å². The predicted molar refractivity (Wildman–Crippen MR) is 116 cm³/mol. The highest BCUT2D eigenvalue weighted by atomic mass is 32.2. The third kappa shape index (κ3) is 6.76. The fourth-order valence-corrected chi connectivity index (χ4v) is 4.70. The number of nitrogens with one attached hydrogen (secondary N) is 1. The zero-order valence-corrected chi connectivity index (χ0v) is 19.3. The maximum atomic E-state index is 12.7. The maximum Gasteiger partial charge on any atom is 0.322 e. The molecule has 0 heterocycles. The van der Waals surface area contributed by atoms with Crippen molar-refractivity contribution >= 4 is 33.5 Å². The van der Waals surface area contributed by atoms with Gasteiger partial charge in [-0.2, -0.15) is 4.31 Å². The molecule has 31 heavy (non-hydrogen) atoms. The van der Waals surface area contributed by atoms with Crippen molar-refractivity contribution < 1.29 is 27.5 Å². The summed E-state index contributed by atoms with van der Waals surface area (Å²) < 4.78 is 31.5. The average Bonchev–Trinajstić information content (AvgIpc) is 2.73. The molecule has 172 valence electrons. The fourth-order valence-electron chi connectivity index (χ4n) is 3.58. The number of esters is 1. The van der Waals surface area contributed by atoms with Crippen LogP contribution in [0.2, 0.25) is 0 Å². The summed E-state index contributed by atoms with van der Waals surface area (Å²) in [5.74, 6) is -1.37. The molecule has 1 aromatic rings. The highest BCUT2D eigenvalue weighted by Gasteiger charge is 2.29. The predicted octanol–water partition coefficient (Wildman–Crippen LogP) is 1.99. The second-order valence-corrected chi connectivity index (χ2v) is 9.88. The van der Waals surface area contributed by atoms with Crippen LogP contribution in [-0.2, 0) is 29.1 Å². The molecule has 0 aliphatic heterocycles. The smallest absolute Gasteiger partial charge is 0.322 e. The molecule has 1 aliphatic carbocycles. The molecule has 1 fully saturated rings. The van der Waals surface area contributed by atoms with Gasteiger partial charge in [0.05, 0.1) is 4.90 Å². The summed E-state index contributed by atoms with van der Waals surface area (Å²) in [5, 5.41) is 2.55. The number of ether oxygens (including phenoxy) is 1. The van der Waals surface area contributed by atoms with Crippen LogP contribution in [0.5, 0.6) is 0 Å². The number of sulfonamides is 1. The molecule has 0 spiro atoms. The Balaban J connectivity index is 1.94. The van der Waals surface area contributed by atoms with E-state index in [4.69, 9.17) is 4.74 Å². The Morgan fingerprint density at radius 3 is 2.23 bits per heavy atom. The van der Waals surface area contributed by atoms with Crippen LogP contribution in [0, 0.1) is 0 Å². The molecule has 1 aliphatic rings. The molecule has 0 saturated heterocycles. The van der Waals surface area contributed by atoms with Gasteiger partial charge in [-0.05, 0) is 44.0 Å². The minimum atomic E-state index is -3.94. The number of amides is 2. The summed E-state index contributed by atoms with van der Waals surface area (Å²) in [6.45, 7) is 2.32. The molecule has 9 nitrogen and oxygen atoms in total. The van der Waals surface area contributed by atoms with Crippen LogP contribution >= 0.6 is 0 Å². The Hall–Kier alpha value is -2.46. The van der Waals surface area contributed by atoms with Crippen molar-refractivity contribution in [1.29, 1.82) is 0 Å². The van der Waals surface area contributed by atoms with Crippen molar-refractivity contribution in [3.63, 3.8) is 0 Å². The largest absolute Gasteiger partial charge is 0.452 e. The van der Waals surface area contributed by atoms with Gasteiger partial charge in [-0.1, -0.05) is 19.3 Å². The van der Waals surface area contributed by atoms with Crippen LogP contribution in [-0.4, -0.2) is 68.2 Å². The number of carbonyl (C=O) groups excluding carboxylic acids is 3. The van der Waals surface area contributed by atoms with Gasteiger partial charge < -0.3 is 15.0 Å². The second kappa shape index (κ2) is 10.7. The van der Waals surface area contributed by atoms with Crippen LogP contribution in [0.1, 0.15) is 46.0 Å². The van der Waals surface area contributed by atoms with Crippen LogP contribution < -0.4 is 5.32 Å². The molecule has 0 aromatic heterocycles. The highest BCUT2D eigenvalue weighted by molar-refractivity contribution is 7.89. The van der Waals surface area contributed by atoms with E-state index in [0.29, 0.717) is 5.69 Å². The van der Waals surface area contributed by atoms with Crippen LogP contribution in [0.25, 0.3) is 0 Å². The summed E-state index contributed by atoms with van der Waals surface area (Å²) >= 11 is 0. The van der Waals surface area contributed by atoms with E-state index in [9.17, 15) is 22.8 Å². The molecule has 0 unspecified atom stereocenters. The van der Waals surface area contributed by atoms with Gasteiger partial charge >= 0.3 is 5.97 Å². The zero-order valence-electron chi connectivity index (χ0n) is 18.5. The third-order valence-electron chi connectivity index (χ3n) is 5.36. The Labute approximate surface area is 183 Å². The second-order valence-electron chi connectivity index (χ2n) is 7.84. The first kappa shape index (κ1) is 24.8. The lowest BCUT2D eigenvalue weighted by molar-refractivity contribution is -0.159. The van der Waals surface area contributed by atoms with Gasteiger partial charge in [0.25, 0.3) is 5.91 Å². The van der Waals surface area contributed by atoms with Crippen molar-refractivity contribution in [3.05, 3.63) is 24.3 Å². The van der Waals surface area contributed by atoms with E-state index in [1.54, 1.807) is 11.9 Å². The Bertz CT molecular complexity index is 894. The van der Waals surface area contributed by atoms with E-state index in [1.807, 2.05) is 0 Å². The molecule has 1 aromatic carbocycles. The van der Waals surface area contributed by atoms with Gasteiger partial charge in [0.15, 0.2) is 6.10 Å². The molecular formula is C21H31N3O6S. The Morgan fingerprint density at radius 2 is 1.68 bits per heavy atom. The number of hydrogen-bond acceptors (Lipinski definition) is 6. The normalized spacial score (nSPS) is 15.9. The summed E-state index contributed by atoms with van der Waals surface area (Å²) in [5.41, 5.74) is 0.461. The van der Waals surface area contributed by atoms with Crippen LogP contribution in [0.3, 0.4) is 0 Å². The number of anilines is 1. The standard InChI is InChI=1S/C21H31N3O6S/c1-15(21(27)24(4)18-8-6-5-7-9-18)30-20(26)14-23(3)31(28,29)19-12-10-17(11-13-19)22-16(2)25/h10-13,15,18H,5-9,14H2,1-4H3,(H,22,25)/t15-/m0/s1. The summed E-state index contributed by atoms with van der Waals surface area (Å²) in [6, 6.07) is 5.75. The topological polar surface area (TPSA) is 113 Å². The van der Waals surface area contributed by atoms with E-state index < -0.39 is 28.6 Å². The Kier molecular flexibility index (Phi) is 8.58. The maximum absolute atomic E-state index is 12.7. The van der Waals surface area contributed by atoms with E-state index in [-0.39, 0.29) is 22.8 Å². The SMILES string of the molecule is CC(=O)Nc1ccc(S(=O)(=O)N(C)CC(=O)O[C@@H](C)C(=O)N(C)C2CCCCC2)cc1. The fraction of sp³-hybridized carbons (Fsp3) is 0.571. The summed E-state index contributed by atoms with van der Waals surface area (Å²) in [7, 11) is -0.969. The van der Waals surface area contributed by atoms with Gasteiger partial charge in [0, 0.05) is 32.7 Å². The molecule has 1 N–H and O–H groups in total. The first-order chi connectivity index (χ1) is 14.5. The van der Waals surface area contributed by atoms with E-state index in [1.165, 1.54) is 51.6 Å². The monoisotopic (exact) mass is 453 g/mol. The van der Waals surface area contributed by atoms with Crippen molar-refractivity contribution in [2.24, 2.45) is 0 Å². The average molecular weight is 454 g/mol. The molecule has 0 radical (unpaired) electrons. The summed E-state index contributed by atoms with van der Waals surface area (Å²) in [6.07, 6.45) is 4.19. The molecule has 10 heteroatoms. The quantitative estimate of drug-likeness (QED) is 0.602. The lowest BCUT2D eigenvalue weighted by Gasteiger charge is -2.32. The first-order valence-electron chi connectivity index (χ1n) is 10.3. The number of nitrogens with zero attached hydrogens (tertiary/aromatic N) is 2. The van der Waals surface area contributed by atoms with Gasteiger partial charge in [-0.3, -0.25) is 14.4 Å². The first-order valence-corrected chi connectivity index (χ1v) is 11.8. The lowest BCUT2D eigenvalue weighted by Crippen LogP contribution is -2.45. The van der Waals surface area contributed by atoms with Crippen molar-refractivity contribution in [1.82, 2.24) is 9.21 Å². The van der Waals surface area contributed by atoms with Gasteiger partial charge in [0.1, 0.15) is 6.54 Å². The number of carbonyl (C=O) groups is 3. The van der Waals surface area contributed by atoms with E-state index in [0.717, 1.165) is 30.0 Å². The third-order valence-corrected chi connectivity index (χ3v) is 7.18. The van der Waals surface area contributed by atoms with Gasteiger partial charge in [0.2, 0.25) is 15.9 Å². The molecule has 2 amide bonds. The van der Waals surface area contributed by atoms with E-state index in [2.05, 4.69) is 5.32 Å². The number of hydrogen-bond donors (Lipinski definition) is 1. The zero-order chi connectivity index (χ0) is 23.2.